The van der Waals surface area contributed by atoms with Gasteiger partial charge in [0.05, 0.1) is 11.9 Å². The second-order valence-electron chi connectivity index (χ2n) is 9.27. The Bertz CT molecular complexity index is 1380. The van der Waals surface area contributed by atoms with E-state index in [1.165, 1.54) is 16.3 Å². The molecule has 39 heavy (non-hydrogen) atoms. The van der Waals surface area contributed by atoms with Crippen molar-refractivity contribution in [3.05, 3.63) is 99.5 Å². The van der Waals surface area contributed by atoms with Crippen molar-refractivity contribution < 1.29 is 18.0 Å². The molecular formula is C29H33Cl2N3O4S. The summed E-state index contributed by atoms with van der Waals surface area (Å²) in [6.07, 6.45) is 1.70. The lowest BCUT2D eigenvalue weighted by molar-refractivity contribution is -0.141. The molecule has 0 saturated carbocycles. The molecule has 3 aromatic carbocycles. The first-order valence-corrected chi connectivity index (χ1v) is 15.1. The Hall–Kier alpha value is -3.07. The fourth-order valence-electron chi connectivity index (χ4n) is 4.40. The maximum absolute atomic E-state index is 13.7. The molecule has 7 nitrogen and oxygen atoms in total. The molecule has 0 spiro atoms. The number of likely N-dealkylation sites (N-methyl/N-ethyl adjacent to an activating group) is 1. The van der Waals surface area contributed by atoms with Gasteiger partial charge in [0.1, 0.15) is 6.04 Å². The van der Waals surface area contributed by atoms with Crippen LogP contribution in [0.4, 0.5) is 5.69 Å². The number of benzene rings is 3. The van der Waals surface area contributed by atoms with E-state index in [-0.39, 0.29) is 44.2 Å². The van der Waals surface area contributed by atoms with E-state index in [2.05, 4.69) is 5.32 Å². The Kier molecular flexibility index (Phi) is 10.8. The first-order valence-electron chi connectivity index (χ1n) is 12.5. The monoisotopic (exact) mass is 589 g/mol. The fraction of sp³-hybridized carbons (Fsp3) is 0.310. The van der Waals surface area contributed by atoms with Crippen molar-refractivity contribution in [2.75, 3.05) is 24.2 Å². The number of halogens is 2. The molecule has 0 aliphatic heterocycles. The molecule has 2 amide bonds. The highest BCUT2D eigenvalue weighted by atomic mass is 35.5. The number of carbonyl (C=O) groups is 2. The number of para-hydroxylation sites is 1. The summed E-state index contributed by atoms with van der Waals surface area (Å²) in [5, 5.41) is 3.45. The maximum atomic E-state index is 13.7. The first kappa shape index (κ1) is 30.5. The molecule has 0 aliphatic rings. The molecule has 1 N–H and O–H groups in total. The van der Waals surface area contributed by atoms with E-state index in [0.717, 1.165) is 17.4 Å². The van der Waals surface area contributed by atoms with Gasteiger partial charge in [0.15, 0.2) is 0 Å². The third-order valence-electron chi connectivity index (χ3n) is 6.44. The highest BCUT2D eigenvalue weighted by Crippen LogP contribution is 2.28. The predicted octanol–water partition coefficient (Wildman–Crippen LogP) is 5.23. The molecule has 208 valence electrons. The van der Waals surface area contributed by atoms with E-state index in [0.29, 0.717) is 21.3 Å². The SMILES string of the molecule is CNC(=O)[C@H](Cc1ccccc1)N(Cc1c(Cl)cccc1Cl)C(=O)CCCN(c1ccccc1C)S(C)(=O)=O. The van der Waals surface area contributed by atoms with Gasteiger partial charge >= 0.3 is 0 Å². The van der Waals surface area contributed by atoms with Crippen molar-refractivity contribution in [1.29, 1.82) is 0 Å². The van der Waals surface area contributed by atoms with Crippen LogP contribution in [-0.4, -0.2) is 51.0 Å². The van der Waals surface area contributed by atoms with Gasteiger partial charge in [-0.3, -0.25) is 13.9 Å². The summed E-state index contributed by atoms with van der Waals surface area (Å²) in [5.74, 6) is -0.637. The number of aryl methyl sites for hydroxylation is 1. The smallest absolute Gasteiger partial charge is 0.242 e. The molecule has 3 aromatic rings. The van der Waals surface area contributed by atoms with E-state index in [9.17, 15) is 18.0 Å². The van der Waals surface area contributed by atoms with Gasteiger partial charge in [0, 0.05) is 48.6 Å². The minimum atomic E-state index is -3.58. The number of rotatable bonds is 12. The molecule has 0 radical (unpaired) electrons. The van der Waals surface area contributed by atoms with Gasteiger partial charge in [0.25, 0.3) is 0 Å². The summed E-state index contributed by atoms with van der Waals surface area (Å²) in [6, 6.07) is 20.9. The number of anilines is 1. The van der Waals surface area contributed by atoms with E-state index >= 15 is 0 Å². The number of nitrogens with one attached hydrogen (secondary N) is 1. The standard InChI is InChI=1S/C29H33Cl2N3O4S/c1-21-11-7-8-16-26(21)34(39(3,37)38)18-10-17-28(35)33(20-23-24(30)14-9-15-25(23)31)27(29(36)32-2)19-22-12-5-4-6-13-22/h4-9,11-16,27H,10,17-20H2,1-3H3,(H,32,36)/t27-/m0/s1. The van der Waals surface area contributed by atoms with Crippen molar-refractivity contribution in [1.82, 2.24) is 10.2 Å². The van der Waals surface area contributed by atoms with Crippen molar-refractivity contribution in [3.8, 4) is 0 Å². The van der Waals surface area contributed by atoms with Crippen LogP contribution in [0.3, 0.4) is 0 Å². The van der Waals surface area contributed by atoms with Gasteiger partial charge in [-0.1, -0.05) is 77.8 Å². The highest BCUT2D eigenvalue weighted by Gasteiger charge is 2.31. The van der Waals surface area contributed by atoms with Crippen LogP contribution >= 0.6 is 23.2 Å². The summed E-state index contributed by atoms with van der Waals surface area (Å²) in [6.45, 7) is 1.97. The predicted molar refractivity (Wildman–Crippen MR) is 158 cm³/mol. The average molecular weight is 591 g/mol. The zero-order chi connectivity index (χ0) is 28.6. The van der Waals surface area contributed by atoms with Crippen molar-refractivity contribution in [3.63, 3.8) is 0 Å². The number of hydrogen-bond acceptors (Lipinski definition) is 4. The Labute approximate surface area is 240 Å². The van der Waals surface area contributed by atoms with Crippen molar-refractivity contribution >= 4 is 50.7 Å². The van der Waals surface area contributed by atoms with Crippen LogP contribution in [0, 0.1) is 6.92 Å². The van der Waals surface area contributed by atoms with E-state index in [4.69, 9.17) is 23.2 Å². The molecule has 0 bridgehead atoms. The number of nitrogens with zero attached hydrogens (tertiary/aromatic N) is 2. The highest BCUT2D eigenvalue weighted by molar-refractivity contribution is 7.92. The number of carbonyl (C=O) groups excluding carboxylic acids is 2. The normalized spacial score (nSPS) is 12.0. The van der Waals surface area contributed by atoms with Crippen LogP contribution in [0.2, 0.25) is 10.0 Å². The molecule has 0 fully saturated rings. The lowest BCUT2D eigenvalue weighted by Crippen LogP contribution is -2.50. The minimum Gasteiger partial charge on any atom is -0.357 e. The van der Waals surface area contributed by atoms with Crippen LogP contribution in [0.15, 0.2) is 72.8 Å². The third kappa shape index (κ3) is 8.21. The van der Waals surface area contributed by atoms with Crippen LogP contribution < -0.4 is 9.62 Å². The van der Waals surface area contributed by atoms with Gasteiger partial charge in [-0.15, -0.1) is 0 Å². The zero-order valence-electron chi connectivity index (χ0n) is 22.2. The number of sulfonamides is 1. The van der Waals surface area contributed by atoms with Crippen LogP contribution in [0.5, 0.6) is 0 Å². The molecule has 0 aliphatic carbocycles. The van der Waals surface area contributed by atoms with Gasteiger partial charge in [-0.2, -0.15) is 0 Å². The average Bonchev–Trinajstić information content (AvgIpc) is 2.90. The topological polar surface area (TPSA) is 86.8 Å². The summed E-state index contributed by atoms with van der Waals surface area (Å²) >= 11 is 12.9. The molecule has 0 aromatic heterocycles. The largest absolute Gasteiger partial charge is 0.357 e. The second-order valence-corrected chi connectivity index (χ2v) is 12.0. The molecule has 0 saturated heterocycles. The second kappa shape index (κ2) is 13.8. The van der Waals surface area contributed by atoms with Crippen LogP contribution in [0.25, 0.3) is 0 Å². The van der Waals surface area contributed by atoms with Gasteiger partial charge in [0.2, 0.25) is 21.8 Å². The Morgan fingerprint density at radius 3 is 2.13 bits per heavy atom. The molecule has 10 heteroatoms. The van der Waals surface area contributed by atoms with E-state index < -0.39 is 16.1 Å². The minimum absolute atomic E-state index is 0.0161. The van der Waals surface area contributed by atoms with Crippen molar-refractivity contribution in [2.24, 2.45) is 0 Å². The van der Waals surface area contributed by atoms with Gasteiger partial charge in [-0.25, -0.2) is 8.42 Å². The molecule has 1 atom stereocenters. The number of amides is 2. The summed E-state index contributed by atoms with van der Waals surface area (Å²) in [4.78, 5) is 28.3. The van der Waals surface area contributed by atoms with Crippen LogP contribution in [0.1, 0.15) is 29.5 Å². The van der Waals surface area contributed by atoms with E-state index in [1.807, 2.05) is 49.4 Å². The Morgan fingerprint density at radius 1 is 0.923 bits per heavy atom. The molecular weight excluding hydrogens is 557 g/mol. The quantitative estimate of drug-likeness (QED) is 0.313. The summed E-state index contributed by atoms with van der Waals surface area (Å²) in [7, 11) is -2.06. The lowest BCUT2D eigenvalue weighted by atomic mass is 10.0. The summed E-state index contributed by atoms with van der Waals surface area (Å²) in [5.41, 5.74) is 2.80. The maximum Gasteiger partial charge on any atom is 0.242 e. The van der Waals surface area contributed by atoms with Gasteiger partial charge in [-0.05, 0) is 42.7 Å². The molecule has 0 unspecified atom stereocenters. The molecule has 0 heterocycles. The summed E-state index contributed by atoms with van der Waals surface area (Å²) < 4.78 is 26.5. The Morgan fingerprint density at radius 2 is 1.54 bits per heavy atom. The third-order valence-corrected chi connectivity index (χ3v) is 8.33. The fourth-order valence-corrected chi connectivity index (χ4v) is 5.94. The lowest BCUT2D eigenvalue weighted by Gasteiger charge is -2.32. The first-order chi connectivity index (χ1) is 18.5. The number of hydrogen-bond donors (Lipinski definition) is 1. The molecule has 3 rings (SSSR count). The Balaban J connectivity index is 1.90. The van der Waals surface area contributed by atoms with Crippen LogP contribution in [-0.2, 0) is 32.6 Å². The van der Waals surface area contributed by atoms with Gasteiger partial charge < -0.3 is 10.2 Å². The van der Waals surface area contributed by atoms with Crippen molar-refractivity contribution in [2.45, 2.75) is 38.8 Å². The zero-order valence-corrected chi connectivity index (χ0v) is 24.6. The van der Waals surface area contributed by atoms with E-state index in [1.54, 1.807) is 30.3 Å².